The van der Waals surface area contributed by atoms with E-state index in [0.717, 1.165) is 0 Å². The highest BCUT2D eigenvalue weighted by Gasteiger charge is 2.12. The average molecular weight is 228 g/mol. The summed E-state index contributed by atoms with van der Waals surface area (Å²) in [5, 5.41) is 8.22. The standard InChI is InChI=1S/C6H12O7S/c1-2-11-13-14(9,10)12-5-3-4-6(7)8/h2-5H2,1H3,(H,7,8). The lowest BCUT2D eigenvalue weighted by Crippen LogP contribution is -2.12. The zero-order valence-electron chi connectivity index (χ0n) is 7.63. The van der Waals surface area contributed by atoms with Gasteiger partial charge in [-0.25, -0.2) is 9.07 Å². The van der Waals surface area contributed by atoms with Crippen LogP contribution >= 0.6 is 0 Å². The fraction of sp³-hybridized carbons (Fsp3) is 0.833. The van der Waals surface area contributed by atoms with Crippen LogP contribution in [0.25, 0.3) is 0 Å². The Hall–Kier alpha value is -0.700. The van der Waals surface area contributed by atoms with Crippen LogP contribution in [0.5, 0.6) is 0 Å². The molecule has 0 saturated heterocycles. The third kappa shape index (κ3) is 7.92. The van der Waals surface area contributed by atoms with Crippen LogP contribution in [0.1, 0.15) is 19.8 Å². The van der Waals surface area contributed by atoms with Crippen molar-refractivity contribution in [2.45, 2.75) is 19.8 Å². The van der Waals surface area contributed by atoms with E-state index in [4.69, 9.17) is 5.11 Å². The number of carboxylic acid groups (broad SMARTS) is 1. The van der Waals surface area contributed by atoms with Crippen molar-refractivity contribution in [3.8, 4) is 0 Å². The molecule has 0 rings (SSSR count). The van der Waals surface area contributed by atoms with Crippen molar-refractivity contribution in [2.75, 3.05) is 13.2 Å². The van der Waals surface area contributed by atoms with Crippen LogP contribution in [0.4, 0.5) is 0 Å². The normalized spacial score (nSPS) is 11.5. The Labute approximate surface area is 81.8 Å². The van der Waals surface area contributed by atoms with Crippen LogP contribution in [0.3, 0.4) is 0 Å². The summed E-state index contributed by atoms with van der Waals surface area (Å²) in [4.78, 5) is 14.2. The zero-order valence-corrected chi connectivity index (χ0v) is 8.45. The number of carbonyl (C=O) groups is 1. The number of hydrogen-bond acceptors (Lipinski definition) is 6. The fourth-order valence-corrected chi connectivity index (χ4v) is 1.09. The minimum absolute atomic E-state index is 0.0672. The van der Waals surface area contributed by atoms with Crippen LogP contribution in [-0.2, 0) is 28.6 Å². The first-order valence-corrected chi connectivity index (χ1v) is 5.23. The number of rotatable bonds is 8. The number of hydrogen-bond donors (Lipinski definition) is 1. The van der Waals surface area contributed by atoms with Crippen LogP contribution < -0.4 is 0 Å². The van der Waals surface area contributed by atoms with E-state index in [9.17, 15) is 13.2 Å². The molecule has 0 unspecified atom stereocenters. The molecular formula is C6H12O7S. The minimum Gasteiger partial charge on any atom is -0.481 e. The quantitative estimate of drug-likeness (QED) is 0.356. The molecular weight excluding hydrogens is 216 g/mol. The SMILES string of the molecule is CCOOS(=O)(=O)OCCCC(=O)O. The molecule has 7 nitrogen and oxygen atoms in total. The van der Waals surface area contributed by atoms with E-state index < -0.39 is 16.4 Å². The molecule has 0 aliphatic carbocycles. The topological polar surface area (TPSA) is 99.1 Å². The van der Waals surface area contributed by atoms with Gasteiger partial charge >= 0.3 is 16.4 Å². The molecule has 0 aliphatic rings. The first kappa shape index (κ1) is 13.3. The van der Waals surface area contributed by atoms with Gasteiger partial charge in [-0.3, -0.25) is 4.79 Å². The van der Waals surface area contributed by atoms with Crippen molar-refractivity contribution in [1.82, 2.24) is 0 Å². The van der Waals surface area contributed by atoms with E-state index in [1.165, 1.54) is 0 Å². The molecule has 0 aromatic heterocycles. The second-order valence-electron chi connectivity index (χ2n) is 2.20. The molecule has 0 aromatic carbocycles. The van der Waals surface area contributed by atoms with Gasteiger partial charge in [-0.2, -0.15) is 8.42 Å². The Kier molecular flexibility index (Phi) is 6.37. The van der Waals surface area contributed by atoms with Crippen molar-refractivity contribution >= 4 is 16.4 Å². The molecule has 1 N–H and O–H groups in total. The predicted octanol–water partition coefficient (Wildman–Crippen LogP) is 0.0807. The summed E-state index contributed by atoms with van der Waals surface area (Å²) in [5.41, 5.74) is 0. The highest BCUT2D eigenvalue weighted by Crippen LogP contribution is 1.99. The number of aliphatic carboxylic acids is 1. The van der Waals surface area contributed by atoms with Crippen LogP contribution in [0.15, 0.2) is 0 Å². The molecule has 0 aliphatic heterocycles. The molecule has 14 heavy (non-hydrogen) atoms. The Bertz CT molecular complexity index is 257. The van der Waals surface area contributed by atoms with Gasteiger partial charge in [-0.1, -0.05) is 4.33 Å². The lowest BCUT2D eigenvalue weighted by atomic mass is 10.3. The summed E-state index contributed by atoms with van der Waals surface area (Å²) < 4.78 is 29.6. The van der Waals surface area contributed by atoms with Crippen LogP contribution in [-0.4, -0.2) is 32.7 Å². The van der Waals surface area contributed by atoms with E-state index in [1.54, 1.807) is 6.92 Å². The molecule has 8 heteroatoms. The Morgan fingerprint density at radius 3 is 2.57 bits per heavy atom. The maximum absolute atomic E-state index is 10.7. The maximum atomic E-state index is 10.7. The molecule has 0 bridgehead atoms. The first-order valence-electron chi connectivity index (χ1n) is 3.90. The predicted molar refractivity (Wildman–Crippen MR) is 44.5 cm³/mol. The van der Waals surface area contributed by atoms with Crippen LogP contribution in [0.2, 0.25) is 0 Å². The van der Waals surface area contributed by atoms with Gasteiger partial charge in [0.05, 0.1) is 13.2 Å². The monoisotopic (exact) mass is 228 g/mol. The van der Waals surface area contributed by atoms with Gasteiger partial charge in [0.2, 0.25) is 0 Å². The van der Waals surface area contributed by atoms with Crippen molar-refractivity contribution < 1.29 is 31.7 Å². The largest absolute Gasteiger partial charge is 0.481 e. The average Bonchev–Trinajstić information content (AvgIpc) is 2.09. The molecule has 0 radical (unpaired) electrons. The van der Waals surface area contributed by atoms with E-state index in [-0.39, 0.29) is 26.1 Å². The van der Waals surface area contributed by atoms with Gasteiger partial charge < -0.3 is 5.11 Å². The highest BCUT2D eigenvalue weighted by atomic mass is 32.3. The number of carboxylic acids is 1. The summed E-state index contributed by atoms with van der Waals surface area (Å²) in [7, 11) is -4.16. The van der Waals surface area contributed by atoms with Crippen molar-refractivity contribution in [3.63, 3.8) is 0 Å². The molecule has 0 atom stereocenters. The van der Waals surface area contributed by atoms with Gasteiger partial charge in [0, 0.05) is 6.42 Å². The molecule has 0 aromatic rings. The molecule has 0 spiro atoms. The summed E-state index contributed by atoms with van der Waals surface area (Å²) >= 11 is 0. The second kappa shape index (κ2) is 6.71. The van der Waals surface area contributed by atoms with Gasteiger partial charge in [0.15, 0.2) is 0 Å². The zero-order chi connectivity index (χ0) is 11.0. The molecule has 84 valence electrons. The lowest BCUT2D eigenvalue weighted by Gasteiger charge is -2.02. The third-order valence-electron chi connectivity index (χ3n) is 1.01. The lowest BCUT2D eigenvalue weighted by molar-refractivity contribution is -0.205. The van der Waals surface area contributed by atoms with Crippen molar-refractivity contribution in [3.05, 3.63) is 0 Å². The van der Waals surface area contributed by atoms with Crippen LogP contribution in [0, 0.1) is 0 Å². The van der Waals surface area contributed by atoms with Gasteiger partial charge in [0.25, 0.3) is 0 Å². The molecule has 0 fully saturated rings. The Balaban J connectivity index is 3.61. The van der Waals surface area contributed by atoms with Gasteiger partial charge in [-0.05, 0) is 13.3 Å². The maximum Gasteiger partial charge on any atom is 0.426 e. The fourth-order valence-electron chi connectivity index (χ4n) is 0.511. The first-order chi connectivity index (χ1) is 6.48. The van der Waals surface area contributed by atoms with Crippen molar-refractivity contribution in [1.29, 1.82) is 0 Å². The van der Waals surface area contributed by atoms with E-state index >= 15 is 0 Å². The molecule has 0 amide bonds. The summed E-state index contributed by atoms with van der Waals surface area (Å²) in [6, 6.07) is 0. The minimum atomic E-state index is -4.16. The summed E-state index contributed by atoms with van der Waals surface area (Å²) in [6.07, 6.45) is -0.0752. The third-order valence-corrected chi connectivity index (χ3v) is 1.73. The van der Waals surface area contributed by atoms with E-state index in [1.807, 2.05) is 0 Å². The van der Waals surface area contributed by atoms with Crippen molar-refractivity contribution in [2.24, 2.45) is 0 Å². The second-order valence-corrected chi connectivity index (χ2v) is 3.39. The van der Waals surface area contributed by atoms with E-state index in [0.29, 0.717) is 0 Å². The van der Waals surface area contributed by atoms with Gasteiger partial charge in [-0.15, -0.1) is 0 Å². The molecule has 0 saturated carbocycles. The highest BCUT2D eigenvalue weighted by molar-refractivity contribution is 7.81. The Morgan fingerprint density at radius 2 is 2.07 bits per heavy atom. The van der Waals surface area contributed by atoms with E-state index in [2.05, 4.69) is 13.4 Å². The molecule has 0 heterocycles. The van der Waals surface area contributed by atoms with Gasteiger partial charge in [0.1, 0.15) is 0 Å². The smallest absolute Gasteiger partial charge is 0.426 e. The summed E-state index contributed by atoms with van der Waals surface area (Å²) in [5.74, 6) is -1.02. The summed E-state index contributed by atoms with van der Waals surface area (Å²) in [6.45, 7) is 1.36. The Morgan fingerprint density at radius 1 is 1.43 bits per heavy atom.